The molecule has 90 valence electrons. The molecule has 0 aliphatic heterocycles. The standard InChI is InChI=1S/C11H17ClN2O2/c1-15-7-8(16-2)6-14-11-9(12)4-3-5-10(11)13/h3-5,8,14H,6-7,13H2,1-2H3. The third-order valence-corrected chi connectivity index (χ3v) is 2.55. The van der Waals surface area contributed by atoms with Crippen molar-refractivity contribution in [1.29, 1.82) is 0 Å². The number of halogens is 1. The number of rotatable bonds is 6. The first-order valence-electron chi connectivity index (χ1n) is 4.98. The zero-order valence-electron chi connectivity index (χ0n) is 9.50. The molecule has 0 heterocycles. The maximum atomic E-state index is 6.02. The van der Waals surface area contributed by atoms with Gasteiger partial charge in [0.25, 0.3) is 0 Å². The normalized spacial score (nSPS) is 12.4. The number of anilines is 2. The Morgan fingerprint density at radius 1 is 1.44 bits per heavy atom. The Bertz CT molecular complexity index is 314. The zero-order valence-corrected chi connectivity index (χ0v) is 10.3. The van der Waals surface area contributed by atoms with Crippen LogP contribution in [0.15, 0.2) is 18.2 Å². The molecule has 0 aliphatic carbocycles. The quantitative estimate of drug-likeness (QED) is 0.752. The van der Waals surface area contributed by atoms with Crippen molar-refractivity contribution >= 4 is 23.0 Å². The summed E-state index contributed by atoms with van der Waals surface area (Å²) in [5.74, 6) is 0. The summed E-state index contributed by atoms with van der Waals surface area (Å²) in [6, 6.07) is 5.40. The van der Waals surface area contributed by atoms with Gasteiger partial charge in [-0.25, -0.2) is 0 Å². The summed E-state index contributed by atoms with van der Waals surface area (Å²) in [6.45, 7) is 1.12. The second-order valence-electron chi connectivity index (χ2n) is 3.40. The van der Waals surface area contributed by atoms with Gasteiger partial charge in [-0.05, 0) is 12.1 Å². The fourth-order valence-electron chi connectivity index (χ4n) is 1.34. The van der Waals surface area contributed by atoms with Crippen molar-refractivity contribution in [1.82, 2.24) is 0 Å². The molecule has 0 fully saturated rings. The molecule has 16 heavy (non-hydrogen) atoms. The number of nitrogens with two attached hydrogens (primary N) is 1. The van der Waals surface area contributed by atoms with Gasteiger partial charge in [0.15, 0.2) is 0 Å². The van der Waals surface area contributed by atoms with Crippen molar-refractivity contribution in [3.63, 3.8) is 0 Å². The molecule has 0 saturated heterocycles. The first kappa shape index (κ1) is 13.1. The van der Waals surface area contributed by atoms with E-state index in [1.165, 1.54) is 0 Å². The molecule has 1 atom stereocenters. The highest BCUT2D eigenvalue weighted by Gasteiger charge is 2.09. The molecule has 0 aromatic heterocycles. The third kappa shape index (κ3) is 3.56. The Hall–Kier alpha value is -0.970. The van der Waals surface area contributed by atoms with Crippen LogP contribution in [0.25, 0.3) is 0 Å². The lowest BCUT2D eigenvalue weighted by atomic mass is 10.2. The molecule has 1 unspecified atom stereocenters. The molecular weight excluding hydrogens is 228 g/mol. The van der Waals surface area contributed by atoms with Crippen LogP contribution in [0.4, 0.5) is 11.4 Å². The summed E-state index contributed by atoms with van der Waals surface area (Å²) >= 11 is 6.02. The number of methoxy groups -OCH3 is 2. The van der Waals surface area contributed by atoms with Crippen LogP contribution in [0, 0.1) is 0 Å². The summed E-state index contributed by atoms with van der Waals surface area (Å²) in [7, 11) is 3.28. The molecule has 0 radical (unpaired) electrons. The number of nitrogens with one attached hydrogen (secondary N) is 1. The van der Waals surface area contributed by atoms with Gasteiger partial charge in [-0.15, -0.1) is 0 Å². The van der Waals surface area contributed by atoms with E-state index in [4.69, 9.17) is 26.8 Å². The lowest BCUT2D eigenvalue weighted by Crippen LogP contribution is -2.26. The maximum Gasteiger partial charge on any atom is 0.0976 e. The summed E-state index contributed by atoms with van der Waals surface area (Å²) in [5, 5.41) is 3.76. The summed E-state index contributed by atoms with van der Waals surface area (Å²) in [4.78, 5) is 0. The topological polar surface area (TPSA) is 56.5 Å². The minimum Gasteiger partial charge on any atom is -0.397 e. The average Bonchev–Trinajstić information content (AvgIpc) is 2.27. The van der Waals surface area contributed by atoms with Crippen LogP contribution in [-0.4, -0.2) is 33.5 Å². The SMILES string of the molecule is COCC(CNc1c(N)cccc1Cl)OC. The van der Waals surface area contributed by atoms with Crippen molar-refractivity contribution in [2.24, 2.45) is 0 Å². The minimum atomic E-state index is -0.0272. The third-order valence-electron chi connectivity index (χ3n) is 2.24. The van der Waals surface area contributed by atoms with Gasteiger partial charge in [-0.1, -0.05) is 17.7 Å². The van der Waals surface area contributed by atoms with Crippen LogP contribution in [0.2, 0.25) is 5.02 Å². The fourth-order valence-corrected chi connectivity index (χ4v) is 1.59. The van der Waals surface area contributed by atoms with Crippen molar-refractivity contribution in [2.75, 3.05) is 38.4 Å². The van der Waals surface area contributed by atoms with Crippen LogP contribution in [0.1, 0.15) is 0 Å². The van der Waals surface area contributed by atoms with Crippen molar-refractivity contribution in [3.8, 4) is 0 Å². The minimum absolute atomic E-state index is 0.0272. The molecule has 5 heteroatoms. The largest absolute Gasteiger partial charge is 0.397 e. The van der Waals surface area contributed by atoms with Crippen molar-refractivity contribution in [2.45, 2.75) is 6.10 Å². The number of ether oxygens (including phenoxy) is 2. The molecule has 4 nitrogen and oxygen atoms in total. The number of benzene rings is 1. The van der Waals surface area contributed by atoms with Gasteiger partial charge < -0.3 is 20.5 Å². The predicted octanol–water partition coefficient (Wildman–Crippen LogP) is 2.00. The Morgan fingerprint density at radius 2 is 2.19 bits per heavy atom. The number of hydrogen-bond acceptors (Lipinski definition) is 4. The first-order chi connectivity index (χ1) is 7.69. The molecule has 1 aromatic rings. The van der Waals surface area contributed by atoms with Crippen molar-refractivity contribution in [3.05, 3.63) is 23.2 Å². The van der Waals surface area contributed by atoms with Crippen LogP contribution in [-0.2, 0) is 9.47 Å². The predicted molar refractivity (Wildman–Crippen MR) is 67.0 cm³/mol. The maximum absolute atomic E-state index is 6.02. The van der Waals surface area contributed by atoms with Gasteiger partial charge in [-0.3, -0.25) is 0 Å². The average molecular weight is 245 g/mol. The highest BCUT2D eigenvalue weighted by molar-refractivity contribution is 6.33. The molecule has 3 N–H and O–H groups in total. The van der Waals surface area contributed by atoms with E-state index in [1.54, 1.807) is 26.4 Å². The second-order valence-corrected chi connectivity index (χ2v) is 3.81. The van der Waals surface area contributed by atoms with Gasteiger partial charge >= 0.3 is 0 Å². The lowest BCUT2D eigenvalue weighted by molar-refractivity contribution is 0.0366. The monoisotopic (exact) mass is 244 g/mol. The Labute approximate surface area is 101 Å². The van der Waals surface area contributed by atoms with E-state index in [0.29, 0.717) is 23.9 Å². The van der Waals surface area contributed by atoms with E-state index in [9.17, 15) is 0 Å². The summed E-state index contributed by atoms with van der Waals surface area (Å²) in [6.07, 6.45) is -0.0272. The van der Waals surface area contributed by atoms with E-state index < -0.39 is 0 Å². The van der Waals surface area contributed by atoms with E-state index >= 15 is 0 Å². The van der Waals surface area contributed by atoms with Crippen LogP contribution in [0.5, 0.6) is 0 Å². The van der Waals surface area contributed by atoms with Crippen LogP contribution in [0.3, 0.4) is 0 Å². The highest BCUT2D eigenvalue weighted by Crippen LogP contribution is 2.27. The second kappa shape index (κ2) is 6.58. The summed E-state index contributed by atoms with van der Waals surface area (Å²) in [5.41, 5.74) is 7.17. The Kier molecular flexibility index (Phi) is 5.38. The van der Waals surface area contributed by atoms with Gasteiger partial charge in [0, 0.05) is 20.8 Å². The Balaban J connectivity index is 2.59. The highest BCUT2D eigenvalue weighted by atomic mass is 35.5. The molecule has 1 rings (SSSR count). The van der Waals surface area contributed by atoms with E-state index in [2.05, 4.69) is 5.32 Å². The Morgan fingerprint density at radius 3 is 2.75 bits per heavy atom. The van der Waals surface area contributed by atoms with Gasteiger partial charge in [0.05, 0.1) is 29.1 Å². The van der Waals surface area contributed by atoms with Gasteiger partial charge in [-0.2, -0.15) is 0 Å². The number of nitrogen functional groups attached to an aromatic ring is 1. The van der Waals surface area contributed by atoms with Gasteiger partial charge in [0.2, 0.25) is 0 Å². The van der Waals surface area contributed by atoms with Crippen LogP contribution < -0.4 is 11.1 Å². The molecule has 1 aromatic carbocycles. The molecule has 0 saturated carbocycles. The van der Waals surface area contributed by atoms with E-state index in [-0.39, 0.29) is 6.10 Å². The number of para-hydroxylation sites is 1. The molecule has 0 spiro atoms. The fraction of sp³-hybridized carbons (Fsp3) is 0.455. The first-order valence-corrected chi connectivity index (χ1v) is 5.36. The smallest absolute Gasteiger partial charge is 0.0976 e. The molecular formula is C11H17ClN2O2. The molecule has 0 aliphatic rings. The van der Waals surface area contributed by atoms with E-state index in [1.807, 2.05) is 6.07 Å². The van der Waals surface area contributed by atoms with Crippen molar-refractivity contribution < 1.29 is 9.47 Å². The summed E-state index contributed by atoms with van der Waals surface area (Å²) < 4.78 is 10.2. The number of hydrogen-bond donors (Lipinski definition) is 2. The molecule has 0 bridgehead atoms. The van der Waals surface area contributed by atoms with Crippen LogP contribution >= 0.6 is 11.6 Å². The van der Waals surface area contributed by atoms with Gasteiger partial charge in [0.1, 0.15) is 0 Å². The molecule has 0 amide bonds. The zero-order chi connectivity index (χ0) is 12.0. The lowest BCUT2D eigenvalue weighted by Gasteiger charge is -2.17. The van der Waals surface area contributed by atoms with E-state index in [0.717, 1.165) is 5.69 Å².